The summed E-state index contributed by atoms with van der Waals surface area (Å²) in [5.74, 6) is 0.217. The van der Waals surface area contributed by atoms with Crippen LogP contribution in [0.2, 0.25) is 19.6 Å². The Hall–Kier alpha value is -1.70. The van der Waals surface area contributed by atoms with Crippen LogP contribution in [0.3, 0.4) is 0 Å². The summed E-state index contributed by atoms with van der Waals surface area (Å²) in [5, 5.41) is 11.9. The van der Waals surface area contributed by atoms with Crippen LogP contribution >= 0.6 is 0 Å². The van der Waals surface area contributed by atoms with Crippen molar-refractivity contribution < 1.29 is 13.2 Å². The van der Waals surface area contributed by atoms with Gasteiger partial charge < -0.3 is 0 Å². The number of tetrazole rings is 1. The van der Waals surface area contributed by atoms with E-state index in [9.17, 15) is 13.2 Å². The molecule has 8 heteroatoms. The number of hydrogen-bond donors (Lipinski definition) is 0. The molecule has 4 nitrogen and oxygen atoms in total. The maximum atomic E-state index is 12.7. The number of rotatable bonds is 3. The molecular formula is C12H15F3N4Si. The van der Waals surface area contributed by atoms with Crippen molar-refractivity contribution in [1.29, 1.82) is 0 Å². The normalized spacial score (nSPS) is 12.7. The van der Waals surface area contributed by atoms with Crippen molar-refractivity contribution in [2.45, 2.75) is 32.0 Å². The third-order valence-electron chi connectivity index (χ3n) is 2.52. The van der Waals surface area contributed by atoms with E-state index in [1.54, 1.807) is 6.07 Å². The first-order valence-corrected chi connectivity index (χ1v) is 9.81. The summed E-state index contributed by atoms with van der Waals surface area (Å²) in [4.78, 5) is 1.46. The van der Waals surface area contributed by atoms with Crippen molar-refractivity contribution in [2.24, 2.45) is 0 Å². The predicted octanol–water partition coefficient (Wildman–Crippen LogP) is 3.24. The molecule has 0 aliphatic rings. The lowest BCUT2D eigenvalue weighted by Gasteiger charge is -2.13. The highest BCUT2D eigenvalue weighted by atomic mass is 28.3. The Labute approximate surface area is 115 Å². The van der Waals surface area contributed by atoms with E-state index in [1.165, 1.54) is 10.9 Å². The zero-order chi connectivity index (χ0) is 15.0. The molecule has 0 aliphatic heterocycles. The molecule has 2 rings (SSSR count). The van der Waals surface area contributed by atoms with Crippen molar-refractivity contribution in [2.75, 3.05) is 0 Å². The first-order chi connectivity index (χ1) is 9.15. The van der Waals surface area contributed by atoms with E-state index in [1.807, 2.05) is 0 Å². The van der Waals surface area contributed by atoms with E-state index >= 15 is 0 Å². The van der Waals surface area contributed by atoms with Gasteiger partial charge in [-0.15, -0.1) is 10.2 Å². The fourth-order valence-electron chi connectivity index (χ4n) is 1.68. The zero-order valence-corrected chi connectivity index (χ0v) is 12.4. The molecule has 0 spiro atoms. The van der Waals surface area contributed by atoms with Gasteiger partial charge in [-0.25, -0.2) is 0 Å². The molecule has 0 atom stereocenters. The Morgan fingerprint density at radius 3 is 2.50 bits per heavy atom. The molecule has 20 heavy (non-hydrogen) atoms. The molecule has 0 aliphatic carbocycles. The van der Waals surface area contributed by atoms with Crippen molar-refractivity contribution in [3.05, 3.63) is 29.8 Å². The summed E-state index contributed by atoms with van der Waals surface area (Å²) >= 11 is 0. The lowest BCUT2D eigenvalue weighted by Crippen LogP contribution is -2.29. The first-order valence-electron chi connectivity index (χ1n) is 6.11. The third-order valence-corrected chi connectivity index (χ3v) is 3.75. The minimum absolute atomic E-state index is 0.217. The summed E-state index contributed by atoms with van der Waals surface area (Å²) in [6, 6.07) is 4.95. The van der Waals surface area contributed by atoms with Crippen LogP contribution in [0.5, 0.6) is 0 Å². The van der Waals surface area contributed by atoms with Crippen LogP contribution in [0.25, 0.3) is 11.4 Å². The molecule has 0 N–H and O–H groups in total. The monoisotopic (exact) mass is 300 g/mol. The molecule has 1 aromatic heterocycles. The topological polar surface area (TPSA) is 43.6 Å². The fraction of sp³-hybridized carbons (Fsp3) is 0.417. The maximum absolute atomic E-state index is 12.7. The lowest BCUT2D eigenvalue weighted by molar-refractivity contribution is -0.137. The van der Waals surface area contributed by atoms with Crippen molar-refractivity contribution in [1.82, 2.24) is 20.2 Å². The second-order valence-corrected chi connectivity index (χ2v) is 11.2. The first kappa shape index (κ1) is 14.7. The van der Waals surface area contributed by atoms with Gasteiger partial charge >= 0.3 is 6.18 Å². The Bertz CT molecular complexity index is 601. The van der Waals surface area contributed by atoms with Gasteiger partial charge in [0.15, 0.2) is 0 Å². The summed E-state index contributed by atoms with van der Waals surface area (Å²) in [6.07, 6.45) is -3.69. The van der Waals surface area contributed by atoms with Crippen LogP contribution in [0.1, 0.15) is 5.56 Å². The SMILES string of the molecule is C[Si](C)(C)Cn1nnc(-c2cccc(C(F)(F)F)c2)n1. The van der Waals surface area contributed by atoms with Crippen LogP contribution in [0.15, 0.2) is 24.3 Å². The Kier molecular flexibility index (Phi) is 3.68. The number of aromatic nitrogens is 4. The van der Waals surface area contributed by atoms with Gasteiger partial charge in [-0.3, -0.25) is 0 Å². The van der Waals surface area contributed by atoms with E-state index in [0.717, 1.165) is 12.1 Å². The standard InChI is InChI=1S/C12H15F3N4Si/c1-20(2,3)8-19-17-11(16-18-19)9-5-4-6-10(7-9)12(13,14)15/h4-7H,8H2,1-3H3. The molecule has 0 radical (unpaired) electrons. The van der Waals surface area contributed by atoms with Crippen molar-refractivity contribution in [3.63, 3.8) is 0 Å². The van der Waals surface area contributed by atoms with Gasteiger partial charge in [-0.2, -0.15) is 18.0 Å². The molecule has 0 bridgehead atoms. The smallest absolute Gasteiger partial charge is 0.167 e. The van der Waals surface area contributed by atoms with Gasteiger partial charge in [0.2, 0.25) is 5.82 Å². The predicted molar refractivity (Wildman–Crippen MR) is 71.6 cm³/mol. The fourth-order valence-corrected chi connectivity index (χ4v) is 2.67. The maximum Gasteiger partial charge on any atom is 0.416 e. The summed E-state index contributed by atoms with van der Waals surface area (Å²) in [5.41, 5.74) is -0.391. The Balaban J connectivity index is 2.29. The van der Waals surface area contributed by atoms with Gasteiger partial charge in [-0.1, -0.05) is 31.8 Å². The van der Waals surface area contributed by atoms with Crippen LogP contribution in [0.4, 0.5) is 13.2 Å². The largest absolute Gasteiger partial charge is 0.416 e. The van der Waals surface area contributed by atoms with Gasteiger partial charge in [0.25, 0.3) is 0 Å². The Morgan fingerprint density at radius 2 is 1.90 bits per heavy atom. The molecule has 0 saturated heterocycles. The van der Waals surface area contributed by atoms with Crippen LogP contribution in [-0.4, -0.2) is 28.3 Å². The highest BCUT2D eigenvalue weighted by Gasteiger charge is 2.30. The van der Waals surface area contributed by atoms with E-state index < -0.39 is 19.8 Å². The lowest BCUT2D eigenvalue weighted by atomic mass is 10.1. The quantitative estimate of drug-likeness (QED) is 0.817. The van der Waals surface area contributed by atoms with Crippen molar-refractivity contribution >= 4 is 8.07 Å². The highest BCUT2D eigenvalue weighted by molar-refractivity contribution is 6.74. The summed E-state index contributed by atoms with van der Waals surface area (Å²) in [7, 11) is -1.41. The number of benzene rings is 1. The van der Waals surface area contributed by atoms with E-state index in [0.29, 0.717) is 11.7 Å². The molecule has 108 valence electrons. The van der Waals surface area contributed by atoms with Gasteiger partial charge in [0.05, 0.1) is 19.8 Å². The second-order valence-electron chi connectivity index (χ2n) is 5.78. The second kappa shape index (κ2) is 5.00. The molecule has 1 aromatic carbocycles. The third kappa shape index (κ3) is 3.66. The molecule has 0 saturated carbocycles. The summed E-state index contributed by atoms with van der Waals surface area (Å²) < 4.78 is 38.0. The molecule has 0 fully saturated rings. The number of halogens is 3. The minimum Gasteiger partial charge on any atom is -0.167 e. The minimum atomic E-state index is -4.37. The molecule has 2 aromatic rings. The molecule has 0 amide bonds. The summed E-state index contributed by atoms with van der Waals surface area (Å²) in [6.45, 7) is 6.46. The van der Waals surface area contributed by atoms with E-state index in [2.05, 4.69) is 35.1 Å². The highest BCUT2D eigenvalue weighted by Crippen LogP contribution is 2.31. The molecule has 0 unspecified atom stereocenters. The number of nitrogens with zero attached hydrogens (tertiary/aromatic N) is 4. The van der Waals surface area contributed by atoms with Crippen LogP contribution < -0.4 is 0 Å². The zero-order valence-electron chi connectivity index (χ0n) is 11.4. The average Bonchev–Trinajstić information content (AvgIpc) is 2.74. The number of alkyl halides is 3. The van der Waals surface area contributed by atoms with Gasteiger partial charge in [-0.05, 0) is 17.3 Å². The van der Waals surface area contributed by atoms with Gasteiger partial charge in [0.1, 0.15) is 0 Å². The van der Waals surface area contributed by atoms with E-state index in [4.69, 9.17) is 0 Å². The molecular weight excluding hydrogens is 285 g/mol. The Morgan fingerprint density at radius 1 is 1.20 bits per heavy atom. The number of hydrogen-bond acceptors (Lipinski definition) is 3. The van der Waals surface area contributed by atoms with Crippen LogP contribution in [-0.2, 0) is 12.3 Å². The van der Waals surface area contributed by atoms with E-state index in [-0.39, 0.29) is 5.82 Å². The molecule has 1 heterocycles. The average molecular weight is 300 g/mol. The van der Waals surface area contributed by atoms with Gasteiger partial charge in [0, 0.05) is 5.56 Å². The van der Waals surface area contributed by atoms with Crippen molar-refractivity contribution in [3.8, 4) is 11.4 Å². The van der Waals surface area contributed by atoms with Crippen LogP contribution in [0, 0.1) is 0 Å².